The Morgan fingerprint density at radius 3 is 2.09 bits per heavy atom. The van der Waals surface area contributed by atoms with Gasteiger partial charge in [0.2, 0.25) is 0 Å². The highest BCUT2D eigenvalue weighted by Gasteiger charge is 2.51. The van der Waals surface area contributed by atoms with E-state index in [1.54, 1.807) is 0 Å². The molecule has 0 aromatic rings. The summed E-state index contributed by atoms with van der Waals surface area (Å²) in [6.07, 6.45) is 4.15. The topological polar surface area (TPSA) is 20.2 Å². The predicted molar refractivity (Wildman–Crippen MR) is 44.2 cm³/mol. The summed E-state index contributed by atoms with van der Waals surface area (Å²) in [5.41, 5.74) is -0.336. The van der Waals surface area contributed by atoms with Crippen molar-refractivity contribution in [2.75, 3.05) is 26.2 Å². The third-order valence-corrected chi connectivity index (χ3v) is 3.12. The largest absolute Gasteiger partial charge is 0.379 e. The van der Waals surface area contributed by atoms with Gasteiger partial charge in [0.1, 0.15) is 13.1 Å². The van der Waals surface area contributed by atoms with Crippen LogP contribution in [0.4, 0.5) is 0 Å². The lowest BCUT2D eigenvalue weighted by atomic mass is 9.89. The average Bonchev–Trinajstić information content (AvgIpc) is 1.85. The summed E-state index contributed by atoms with van der Waals surface area (Å²) in [6, 6.07) is 0. The first-order valence-corrected chi connectivity index (χ1v) is 4.70. The first-order chi connectivity index (χ1) is 5.12. The fourth-order valence-corrected chi connectivity index (χ4v) is 2.90. The van der Waals surface area contributed by atoms with E-state index in [4.69, 9.17) is 0 Å². The van der Waals surface area contributed by atoms with Gasteiger partial charge in [0.05, 0.1) is 13.1 Å². The minimum atomic E-state index is -0.336. The molecule has 2 fully saturated rings. The lowest BCUT2D eigenvalue weighted by Crippen LogP contribution is -2.73. The van der Waals surface area contributed by atoms with Gasteiger partial charge in [-0.3, -0.25) is 0 Å². The zero-order valence-electron chi connectivity index (χ0n) is 7.34. The van der Waals surface area contributed by atoms with Crippen LogP contribution in [-0.2, 0) is 0 Å². The summed E-state index contributed by atoms with van der Waals surface area (Å²) in [7, 11) is 0. The second-order valence-electron chi connectivity index (χ2n) is 4.66. The van der Waals surface area contributed by atoms with Crippen molar-refractivity contribution in [1.29, 1.82) is 0 Å². The van der Waals surface area contributed by atoms with Gasteiger partial charge in [-0.2, -0.15) is 0 Å². The van der Waals surface area contributed by atoms with E-state index in [1.165, 1.54) is 36.8 Å². The maximum absolute atomic E-state index is 9.62. The minimum absolute atomic E-state index is 0.336. The molecule has 2 aliphatic heterocycles. The minimum Gasteiger partial charge on any atom is -0.379 e. The monoisotopic (exact) mass is 156 g/mol. The summed E-state index contributed by atoms with van der Waals surface area (Å²) in [4.78, 5) is 0. The van der Waals surface area contributed by atoms with Crippen LogP contribution in [0.1, 0.15) is 26.2 Å². The van der Waals surface area contributed by atoms with Crippen molar-refractivity contribution in [2.24, 2.45) is 0 Å². The molecule has 1 spiro atoms. The number of nitrogens with zero attached hydrogens (tertiary/aromatic N) is 1. The molecule has 2 aliphatic rings. The second-order valence-corrected chi connectivity index (χ2v) is 4.66. The number of piperidine rings is 1. The Bertz CT molecular complexity index is 149. The Balaban J connectivity index is 1.94. The number of hydrogen-bond acceptors (Lipinski definition) is 1. The third-order valence-electron chi connectivity index (χ3n) is 3.12. The third kappa shape index (κ3) is 1.30. The Kier molecular flexibility index (Phi) is 1.52. The number of quaternary nitrogens is 1. The highest BCUT2D eigenvalue weighted by molar-refractivity contribution is 4.82. The summed E-state index contributed by atoms with van der Waals surface area (Å²) in [6.45, 7) is 6.61. The molecule has 2 nitrogen and oxygen atoms in total. The van der Waals surface area contributed by atoms with E-state index in [9.17, 15) is 5.11 Å². The lowest BCUT2D eigenvalue weighted by molar-refractivity contribution is -0.985. The smallest absolute Gasteiger partial charge is 0.159 e. The first-order valence-electron chi connectivity index (χ1n) is 4.70. The van der Waals surface area contributed by atoms with E-state index in [-0.39, 0.29) is 5.60 Å². The zero-order chi connectivity index (χ0) is 7.95. The number of hydrogen-bond donors (Lipinski definition) is 1. The molecule has 2 heterocycles. The van der Waals surface area contributed by atoms with Crippen molar-refractivity contribution in [3.05, 3.63) is 0 Å². The number of rotatable bonds is 0. The van der Waals surface area contributed by atoms with Gasteiger partial charge < -0.3 is 9.59 Å². The van der Waals surface area contributed by atoms with Crippen LogP contribution in [0.3, 0.4) is 0 Å². The van der Waals surface area contributed by atoms with Crippen LogP contribution in [-0.4, -0.2) is 41.4 Å². The summed E-state index contributed by atoms with van der Waals surface area (Å²) >= 11 is 0. The molecular weight excluding hydrogens is 138 g/mol. The maximum Gasteiger partial charge on any atom is 0.159 e. The molecule has 0 unspecified atom stereocenters. The molecule has 0 aliphatic carbocycles. The first kappa shape index (κ1) is 7.56. The Morgan fingerprint density at radius 2 is 1.64 bits per heavy atom. The maximum atomic E-state index is 9.62. The lowest BCUT2D eigenvalue weighted by Gasteiger charge is -2.55. The summed E-state index contributed by atoms with van der Waals surface area (Å²) in [5.74, 6) is 0. The van der Waals surface area contributed by atoms with Gasteiger partial charge in [-0.1, -0.05) is 0 Å². The van der Waals surface area contributed by atoms with Crippen LogP contribution in [0, 0.1) is 0 Å². The molecule has 0 aromatic heterocycles. The highest BCUT2D eigenvalue weighted by Crippen LogP contribution is 2.33. The van der Waals surface area contributed by atoms with Crippen molar-refractivity contribution in [1.82, 2.24) is 0 Å². The Morgan fingerprint density at radius 1 is 1.09 bits per heavy atom. The van der Waals surface area contributed by atoms with Gasteiger partial charge in [-0.05, 0) is 26.2 Å². The van der Waals surface area contributed by atoms with Crippen molar-refractivity contribution in [3.63, 3.8) is 0 Å². The summed E-state index contributed by atoms with van der Waals surface area (Å²) in [5, 5.41) is 9.62. The van der Waals surface area contributed by atoms with Crippen molar-refractivity contribution in [2.45, 2.75) is 31.8 Å². The zero-order valence-corrected chi connectivity index (χ0v) is 7.34. The van der Waals surface area contributed by atoms with E-state index in [0.717, 1.165) is 13.1 Å². The molecule has 0 bridgehead atoms. The highest BCUT2D eigenvalue weighted by atomic mass is 16.3. The van der Waals surface area contributed by atoms with E-state index < -0.39 is 0 Å². The van der Waals surface area contributed by atoms with Crippen LogP contribution < -0.4 is 0 Å². The van der Waals surface area contributed by atoms with Crippen LogP contribution >= 0.6 is 0 Å². The van der Waals surface area contributed by atoms with Crippen LogP contribution in [0.2, 0.25) is 0 Å². The van der Waals surface area contributed by atoms with Crippen molar-refractivity contribution >= 4 is 0 Å². The van der Waals surface area contributed by atoms with Crippen LogP contribution in [0.25, 0.3) is 0 Å². The molecule has 0 amide bonds. The Labute approximate surface area is 68.4 Å². The fraction of sp³-hybridized carbons (Fsp3) is 1.00. The van der Waals surface area contributed by atoms with Gasteiger partial charge in [0.25, 0.3) is 0 Å². The van der Waals surface area contributed by atoms with E-state index in [0.29, 0.717) is 0 Å². The average molecular weight is 156 g/mol. The molecule has 0 atom stereocenters. The molecule has 2 saturated heterocycles. The molecule has 11 heavy (non-hydrogen) atoms. The summed E-state index contributed by atoms with van der Waals surface area (Å²) < 4.78 is 1.22. The normalized spacial score (nSPS) is 33.3. The standard InChI is InChI=1S/C9H18NO/c1-9(11)7-10(8-9)5-3-2-4-6-10/h11H,2-8H2,1H3/q+1. The fourth-order valence-electron chi connectivity index (χ4n) is 2.90. The molecule has 0 radical (unpaired) electrons. The Hall–Kier alpha value is -0.0800. The molecule has 1 N–H and O–H groups in total. The van der Waals surface area contributed by atoms with Gasteiger partial charge in [0, 0.05) is 0 Å². The van der Waals surface area contributed by atoms with E-state index in [2.05, 4.69) is 0 Å². The molecule has 2 heteroatoms. The molecule has 64 valence electrons. The predicted octanol–water partition coefficient (Wildman–Crippen LogP) is 0.752. The van der Waals surface area contributed by atoms with Crippen molar-refractivity contribution < 1.29 is 9.59 Å². The van der Waals surface area contributed by atoms with Crippen LogP contribution in [0.15, 0.2) is 0 Å². The SMILES string of the molecule is CC1(O)C[N+]2(CCCCC2)C1. The van der Waals surface area contributed by atoms with Gasteiger partial charge in [-0.25, -0.2) is 0 Å². The number of aliphatic hydroxyl groups is 1. The molecule has 0 saturated carbocycles. The quantitative estimate of drug-likeness (QED) is 0.513. The van der Waals surface area contributed by atoms with Crippen LogP contribution in [0.5, 0.6) is 0 Å². The second kappa shape index (κ2) is 2.20. The van der Waals surface area contributed by atoms with Gasteiger partial charge >= 0.3 is 0 Å². The van der Waals surface area contributed by atoms with E-state index in [1.807, 2.05) is 6.92 Å². The van der Waals surface area contributed by atoms with Crippen molar-refractivity contribution in [3.8, 4) is 0 Å². The van der Waals surface area contributed by atoms with Gasteiger partial charge in [-0.15, -0.1) is 0 Å². The van der Waals surface area contributed by atoms with Gasteiger partial charge in [0.15, 0.2) is 5.60 Å². The van der Waals surface area contributed by atoms with E-state index >= 15 is 0 Å². The molecular formula is C9H18NO+. The molecule has 2 rings (SSSR count). The molecule has 0 aromatic carbocycles.